The summed E-state index contributed by atoms with van der Waals surface area (Å²) in [5.74, 6) is 0.145. The summed E-state index contributed by atoms with van der Waals surface area (Å²) in [5, 5.41) is 13.0. The van der Waals surface area contributed by atoms with E-state index < -0.39 is 22.9 Å². The van der Waals surface area contributed by atoms with Gasteiger partial charge in [0, 0.05) is 36.5 Å². The molecular weight excluding hydrogens is 386 g/mol. The van der Waals surface area contributed by atoms with Gasteiger partial charge in [-0.3, -0.25) is 4.79 Å². The molecule has 0 bridgehead atoms. The number of likely N-dealkylation sites (N-methyl/N-ethyl adjacent to an activating group) is 1. The number of pyridine rings is 1. The molecule has 2 aliphatic heterocycles. The van der Waals surface area contributed by atoms with E-state index >= 15 is 0 Å². The topological polar surface area (TPSA) is 69.0 Å². The van der Waals surface area contributed by atoms with E-state index in [1.807, 2.05) is 57.2 Å². The first-order chi connectivity index (χ1) is 14.1. The number of carbonyl (C=O) groups excluding carboxylic acids is 1. The molecule has 1 N–H and O–H groups in total. The normalized spacial score (nSPS) is 22.3. The van der Waals surface area contributed by atoms with Gasteiger partial charge in [-0.25, -0.2) is 13.8 Å². The molecule has 4 rings (SSSR count). The zero-order valence-electron chi connectivity index (χ0n) is 17.3. The van der Waals surface area contributed by atoms with Gasteiger partial charge < -0.3 is 10.2 Å². The van der Waals surface area contributed by atoms with Gasteiger partial charge in [-0.05, 0) is 26.3 Å². The van der Waals surface area contributed by atoms with Crippen molar-refractivity contribution in [3.63, 3.8) is 0 Å². The molecule has 0 spiro atoms. The summed E-state index contributed by atoms with van der Waals surface area (Å²) in [7, 11) is 1.74. The van der Waals surface area contributed by atoms with E-state index in [2.05, 4.69) is 10.3 Å². The number of aromatic nitrogens is 1. The summed E-state index contributed by atoms with van der Waals surface area (Å²) in [5.41, 5.74) is 0.124. The van der Waals surface area contributed by atoms with E-state index in [9.17, 15) is 18.8 Å². The average Bonchev–Trinajstić information content (AvgIpc) is 2.71. The third-order valence-electron chi connectivity index (χ3n) is 6.41. The van der Waals surface area contributed by atoms with E-state index in [4.69, 9.17) is 0 Å². The number of nitrogens with zero attached hydrogens (tertiary/aromatic N) is 3. The van der Waals surface area contributed by atoms with Crippen LogP contribution < -0.4 is 5.32 Å². The lowest BCUT2D eigenvalue weighted by Gasteiger charge is -2.49. The Morgan fingerprint density at radius 3 is 2.50 bits per heavy atom. The van der Waals surface area contributed by atoms with Crippen molar-refractivity contribution in [1.82, 2.24) is 9.88 Å². The first-order valence-electron chi connectivity index (χ1n) is 9.69. The molecule has 2 aliphatic rings. The summed E-state index contributed by atoms with van der Waals surface area (Å²) in [6.45, 7) is 5.76. The predicted molar refractivity (Wildman–Crippen MR) is 109 cm³/mol. The van der Waals surface area contributed by atoms with Crippen molar-refractivity contribution in [1.29, 1.82) is 5.26 Å². The summed E-state index contributed by atoms with van der Waals surface area (Å²) < 4.78 is 27.4. The van der Waals surface area contributed by atoms with Crippen molar-refractivity contribution >= 4 is 11.7 Å². The number of amides is 1. The van der Waals surface area contributed by atoms with Crippen LogP contribution >= 0.6 is 0 Å². The van der Waals surface area contributed by atoms with Gasteiger partial charge in [-0.1, -0.05) is 30.3 Å². The van der Waals surface area contributed by atoms with E-state index in [1.165, 1.54) is 0 Å². The fraction of sp³-hybridized carbons (Fsp3) is 0.348. The molecule has 1 unspecified atom stereocenters. The molecule has 5 nitrogen and oxygen atoms in total. The molecule has 0 saturated heterocycles. The third kappa shape index (κ3) is 2.63. The van der Waals surface area contributed by atoms with Crippen LogP contribution in [-0.2, 0) is 10.2 Å². The Morgan fingerprint density at radius 1 is 1.23 bits per heavy atom. The number of halogens is 2. The molecule has 30 heavy (non-hydrogen) atoms. The molecule has 1 aromatic heterocycles. The smallest absolute Gasteiger partial charge is 0.266 e. The number of anilines is 1. The quantitative estimate of drug-likeness (QED) is 0.793. The number of nitriles is 1. The zero-order chi connectivity index (χ0) is 21.8. The van der Waals surface area contributed by atoms with Crippen LogP contribution in [0.5, 0.6) is 0 Å². The van der Waals surface area contributed by atoms with Crippen LogP contribution in [0.25, 0.3) is 0 Å². The highest BCUT2D eigenvalue weighted by Crippen LogP contribution is 2.52. The second-order valence-corrected chi connectivity index (χ2v) is 8.55. The Labute approximate surface area is 174 Å². The monoisotopic (exact) mass is 408 g/mol. The molecule has 1 amide bonds. The molecule has 0 aliphatic carbocycles. The van der Waals surface area contributed by atoms with Gasteiger partial charge in [-0.2, -0.15) is 5.26 Å². The molecule has 1 atom stereocenters. The van der Waals surface area contributed by atoms with Crippen LogP contribution in [0.3, 0.4) is 0 Å². The highest BCUT2D eigenvalue weighted by Gasteiger charge is 2.51. The lowest BCUT2D eigenvalue weighted by Crippen LogP contribution is -2.54. The largest absolute Gasteiger partial charge is 0.343 e. The van der Waals surface area contributed by atoms with Gasteiger partial charge in [0.15, 0.2) is 0 Å². The first-order valence-corrected chi connectivity index (χ1v) is 9.69. The van der Waals surface area contributed by atoms with Crippen LogP contribution in [0, 0.1) is 11.3 Å². The minimum Gasteiger partial charge on any atom is -0.343 e. The highest BCUT2D eigenvalue weighted by molar-refractivity contribution is 6.01. The third-order valence-corrected chi connectivity index (χ3v) is 6.41. The summed E-state index contributed by atoms with van der Waals surface area (Å²) in [4.78, 5) is 19.5. The zero-order valence-corrected chi connectivity index (χ0v) is 17.3. The van der Waals surface area contributed by atoms with Crippen LogP contribution in [0.2, 0.25) is 0 Å². The number of hydrogen-bond acceptors (Lipinski definition) is 4. The molecule has 0 saturated carbocycles. The molecule has 1 aromatic carbocycles. The molecule has 7 heteroatoms. The highest BCUT2D eigenvalue weighted by atomic mass is 19.3. The van der Waals surface area contributed by atoms with Gasteiger partial charge in [0.1, 0.15) is 11.9 Å². The fourth-order valence-corrected chi connectivity index (χ4v) is 4.56. The number of fused-ring (bicyclic) bond motifs is 1. The molecule has 2 aromatic rings. The Hall–Kier alpha value is -3.27. The number of hydrogen-bond donors (Lipinski definition) is 1. The Kier molecular flexibility index (Phi) is 4.42. The number of nitrogens with one attached hydrogen (secondary N) is 1. The Balaban J connectivity index is 2.11. The maximum absolute atomic E-state index is 13.7. The van der Waals surface area contributed by atoms with E-state index in [0.29, 0.717) is 29.1 Å². The molecule has 0 radical (unpaired) electrons. The summed E-state index contributed by atoms with van der Waals surface area (Å²) in [6.07, 6.45) is -1.25. The van der Waals surface area contributed by atoms with Crippen LogP contribution in [0.4, 0.5) is 14.6 Å². The standard InChI is InChI=1S/C23H22F2N4O/c1-22(2)10-16-18(21(30)29(22)4)23(3,13-8-6-5-7-9-13)17-14(11-26)15(19(24)25)12-27-20(17)28-16/h5-9,12,19H,10H2,1-4H3,(H,27,28). The SMILES string of the molecule is CN1C(=O)C2=C(CC1(C)C)Nc1ncc(C(F)F)c(C#N)c1C2(C)c1ccccc1. The maximum atomic E-state index is 13.7. The van der Waals surface area contributed by atoms with Crippen molar-refractivity contribution in [3.8, 4) is 6.07 Å². The van der Waals surface area contributed by atoms with Gasteiger partial charge >= 0.3 is 0 Å². The van der Waals surface area contributed by atoms with Gasteiger partial charge in [0.25, 0.3) is 12.3 Å². The number of carbonyl (C=O) groups is 1. The minimum atomic E-state index is -2.85. The van der Waals surface area contributed by atoms with E-state index in [0.717, 1.165) is 11.8 Å². The van der Waals surface area contributed by atoms with Crippen molar-refractivity contribution < 1.29 is 13.6 Å². The lowest BCUT2D eigenvalue weighted by atomic mass is 9.64. The minimum absolute atomic E-state index is 0.138. The van der Waals surface area contributed by atoms with Gasteiger partial charge in [0.2, 0.25) is 0 Å². The Bertz CT molecular complexity index is 1120. The predicted octanol–water partition coefficient (Wildman–Crippen LogP) is 4.52. The maximum Gasteiger partial charge on any atom is 0.266 e. The molecule has 154 valence electrons. The van der Waals surface area contributed by atoms with Crippen molar-refractivity contribution in [2.24, 2.45) is 0 Å². The summed E-state index contributed by atoms with van der Waals surface area (Å²) in [6, 6.07) is 11.2. The average molecular weight is 408 g/mol. The molecule has 3 heterocycles. The molecule has 0 fully saturated rings. The van der Waals surface area contributed by atoms with Crippen LogP contribution in [0.15, 0.2) is 47.8 Å². The van der Waals surface area contributed by atoms with E-state index in [1.54, 1.807) is 11.9 Å². The fourth-order valence-electron chi connectivity index (χ4n) is 4.56. The van der Waals surface area contributed by atoms with E-state index in [-0.39, 0.29) is 11.5 Å². The van der Waals surface area contributed by atoms with Crippen molar-refractivity contribution in [2.75, 3.05) is 12.4 Å². The van der Waals surface area contributed by atoms with Gasteiger partial charge in [-0.15, -0.1) is 0 Å². The second kappa shape index (κ2) is 6.63. The number of alkyl halides is 2. The van der Waals surface area contributed by atoms with Crippen LogP contribution in [-0.4, -0.2) is 28.4 Å². The van der Waals surface area contributed by atoms with Crippen molar-refractivity contribution in [3.05, 3.63) is 70.1 Å². The second-order valence-electron chi connectivity index (χ2n) is 8.55. The number of benzene rings is 1. The lowest BCUT2D eigenvalue weighted by molar-refractivity contribution is -0.132. The number of rotatable bonds is 2. The summed E-state index contributed by atoms with van der Waals surface area (Å²) >= 11 is 0. The first kappa shape index (κ1) is 20.0. The molecular formula is C23H22F2N4O. The van der Waals surface area contributed by atoms with Crippen molar-refractivity contribution in [2.45, 2.75) is 44.6 Å². The van der Waals surface area contributed by atoms with Gasteiger partial charge in [0.05, 0.1) is 22.1 Å². The van der Waals surface area contributed by atoms with Crippen LogP contribution in [0.1, 0.15) is 55.9 Å². The Morgan fingerprint density at radius 2 is 1.90 bits per heavy atom.